The molecule has 0 saturated heterocycles. The summed E-state index contributed by atoms with van der Waals surface area (Å²) >= 11 is 0. The Kier molecular flexibility index (Phi) is 2.82. The fourth-order valence-electron chi connectivity index (χ4n) is 1.15. The van der Waals surface area contributed by atoms with E-state index in [1.54, 1.807) is 6.07 Å². The molecule has 0 aromatic heterocycles. The lowest BCUT2D eigenvalue weighted by Crippen LogP contribution is -2.02. The Labute approximate surface area is 71.9 Å². The van der Waals surface area contributed by atoms with Crippen LogP contribution in [-0.4, -0.2) is 11.7 Å². The molecule has 1 unspecified atom stereocenters. The molecule has 0 aliphatic heterocycles. The lowest BCUT2D eigenvalue weighted by molar-refractivity contribution is 0.282. The second kappa shape index (κ2) is 3.68. The van der Waals surface area contributed by atoms with E-state index in [1.807, 2.05) is 6.92 Å². The SMILES string of the molecule is [CH2]C(CO)c1cc(F)ccc1C. The van der Waals surface area contributed by atoms with Crippen molar-refractivity contribution in [2.45, 2.75) is 12.8 Å². The van der Waals surface area contributed by atoms with Crippen LogP contribution in [0.15, 0.2) is 18.2 Å². The molecule has 12 heavy (non-hydrogen) atoms. The number of rotatable bonds is 2. The summed E-state index contributed by atoms with van der Waals surface area (Å²) in [5.41, 5.74) is 1.74. The molecule has 0 amide bonds. The molecule has 2 heteroatoms. The molecule has 1 aromatic carbocycles. The molecule has 65 valence electrons. The summed E-state index contributed by atoms with van der Waals surface area (Å²) in [6, 6.07) is 4.52. The molecule has 0 aliphatic carbocycles. The van der Waals surface area contributed by atoms with E-state index >= 15 is 0 Å². The lowest BCUT2D eigenvalue weighted by Gasteiger charge is -2.11. The van der Waals surface area contributed by atoms with Crippen molar-refractivity contribution in [2.75, 3.05) is 6.61 Å². The van der Waals surface area contributed by atoms with Crippen molar-refractivity contribution in [2.24, 2.45) is 0 Å². The minimum atomic E-state index is -0.280. The van der Waals surface area contributed by atoms with Crippen LogP contribution in [0.1, 0.15) is 17.0 Å². The summed E-state index contributed by atoms with van der Waals surface area (Å²) in [7, 11) is 0. The maximum atomic E-state index is 12.7. The van der Waals surface area contributed by atoms with Gasteiger partial charge >= 0.3 is 0 Å². The first-order valence-corrected chi connectivity index (χ1v) is 3.85. The van der Waals surface area contributed by atoms with Gasteiger partial charge in [-0.3, -0.25) is 0 Å². The lowest BCUT2D eigenvalue weighted by atomic mass is 9.97. The highest BCUT2D eigenvalue weighted by atomic mass is 19.1. The molecule has 0 spiro atoms. The number of aliphatic hydroxyl groups excluding tert-OH is 1. The van der Waals surface area contributed by atoms with Gasteiger partial charge in [0.1, 0.15) is 5.82 Å². The highest BCUT2D eigenvalue weighted by Gasteiger charge is 2.07. The van der Waals surface area contributed by atoms with Crippen molar-refractivity contribution < 1.29 is 9.50 Å². The topological polar surface area (TPSA) is 20.2 Å². The fraction of sp³-hybridized carbons (Fsp3) is 0.300. The summed E-state index contributed by atoms with van der Waals surface area (Å²) in [4.78, 5) is 0. The minimum Gasteiger partial charge on any atom is -0.396 e. The standard InChI is InChI=1S/C10H12FO/c1-7-3-4-9(11)5-10(7)8(2)6-12/h3-5,8,12H,2,6H2,1H3. The van der Waals surface area contributed by atoms with E-state index in [4.69, 9.17) is 5.11 Å². The van der Waals surface area contributed by atoms with Crippen molar-refractivity contribution in [3.8, 4) is 0 Å². The van der Waals surface area contributed by atoms with E-state index in [2.05, 4.69) is 6.92 Å². The Bertz CT molecular complexity index is 271. The van der Waals surface area contributed by atoms with Gasteiger partial charge in [-0.05, 0) is 37.1 Å². The van der Waals surface area contributed by atoms with Gasteiger partial charge in [0, 0.05) is 12.5 Å². The number of aryl methyl sites for hydroxylation is 1. The fourth-order valence-corrected chi connectivity index (χ4v) is 1.15. The summed E-state index contributed by atoms with van der Waals surface area (Å²) in [6.07, 6.45) is 0. The number of halogens is 1. The van der Waals surface area contributed by atoms with Crippen molar-refractivity contribution >= 4 is 0 Å². The zero-order valence-corrected chi connectivity index (χ0v) is 7.05. The van der Waals surface area contributed by atoms with Gasteiger partial charge in [0.05, 0.1) is 0 Å². The van der Waals surface area contributed by atoms with Crippen LogP contribution in [0.3, 0.4) is 0 Å². The Morgan fingerprint density at radius 3 is 2.83 bits per heavy atom. The molecule has 0 aliphatic rings. The number of benzene rings is 1. The Morgan fingerprint density at radius 2 is 2.25 bits per heavy atom. The molecule has 1 atom stereocenters. The van der Waals surface area contributed by atoms with Crippen LogP contribution in [0.2, 0.25) is 0 Å². The molecule has 0 bridgehead atoms. The first-order chi connectivity index (χ1) is 5.65. The van der Waals surface area contributed by atoms with Gasteiger partial charge in [-0.25, -0.2) is 4.39 Å². The second-order valence-electron chi connectivity index (χ2n) is 2.88. The van der Waals surface area contributed by atoms with E-state index < -0.39 is 0 Å². The molecule has 0 saturated carbocycles. The average Bonchev–Trinajstić information content (AvgIpc) is 2.08. The van der Waals surface area contributed by atoms with Crippen molar-refractivity contribution in [1.82, 2.24) is 0 Å². The van der Waals surface area contributed by atoms with Crippen LogP contribution in [0.4, 0.5) is 4.39 Å². The number of hydrogen-bond donors (Lipinski definition) is 1. The van der Waals surface area contributed by atoms with Crippen LogP contribution in [0.25, 0.3) is 0 Å². The van der Waals surface area contributed by atoms with Gasteiger partial charge in [0.2, 0.25) is 0 Å². The zero-order chi connectivity index (χ0) is 9.14. The van der Waals surface area contributed by atoms with Crippen molar-refractivity contribution in [3.05, 3.63) is 42.1 Å². The van der Waals surface area contributed by atoms with Gasteiger partial charge in [-0.15, -0.1) is 0 Å². The van der Waals surface area contributed by atoms with E-state index in [-0.39, 0.29) is 18.3 Å². The third-order valence-electron chi connectivity index (χ3n) is 1.90. The van der Waals surface area contributed by atoms with Gasteiger partial charge in [-0.1, -0.05) is 6.07 Å². The number of hydrogen-bond acceptors (Lipinski definition) is 1. The highest BCUT2D eigenvalue weighted by Crippen LogP contribution is 2.19. The zero-order valence-electron chi connectivity index (χ0n) is 7.05. The van der Waals surface area contributed by atoms with E-state index in [0.29, 0.717) is 0 Å². The van der Waals surface area contributed by atoms with Gasteiger partial charge in [-0.2, -0.15) is 0 Å². The second-order valence-corrected chi connectivity index (χ2v) is 2.88. The molecule has 1 radical (unpaired) electrons. The average molecular weight is 167 g/mol. The molecule has 0 heterocycles. The summed E-state index contributed by atoms with van der Waals surface area (Å²) in [5, 5.41) is 8.82. The normalized spacial score (nSPS) is 13.0. The molecular formula is C10H12FO. The maximum Gasteiger partial charge on any atom is 0.123 e. The number of aliphatic hydroxyl groups is 1. The van der Waals surface area contributed by atoms with Crippen molar-refractivity contribution in [1.29, 1.82) is 0 Å². The first-order valence-electron chi connectivity index (χ1n) is 3.85. The summed E-state index contributed by atoms with van der Waals surface area (Å²) in [6.45, 7) is 5.54. The van der Waals surface area contributed by atoms with E-state index in [1.165, 1.54) is 12.1 Å². The predicted octanol–water partition coefficient (Wildman–Crippen LogP) is 2.04. The van der Waals surface area contributed by atoms with Crippen LogP contribution < -0.4 is 0 Å². The van der Waals surface area contributed by atoms with E-state index in [9.17, 15) is 4.39 Å². The predicted molar refractivity (Wildman–Crippen MR) is 46.3 cm³/mol. The Morgan fingerprint density at radius 1 is 1.58 bits per heavy atom. The summed E-state index contributed by atoms with van der Waals surface area (Å²) < 4.78 is 12.7. The smallest absolute Gasteiger partial charge is 0.123 e. The molecule has 1 N–H and O–H groups in total. The van der Waals surface area contributed by atoms with Crippen LogP contribution in [0, 0.1) is 19.7 Å². The Hall–Kier alpha value is -0.890. The van der Waals surface area contributed by atoms with Crippen LogP contribution in [0.5, 0.6) is 0 Å². The third kappa shape index (κ3) is 1.83. The van der Waals surface area contributed by atoms with Crippen LogP contribution >= 0.6 is 0 Å². The highest BCUT2D eigenvalue weighted by molar-refractivity contribution is 5.30. The summed E-state index contributed by atoms with van der Waals surface area (Å²) in [5.74, 6) is -0.515. The maximum absolute atomic E-state index is 12.7. The molecular weight excluding hydrogens is 155 g/mol. The van der Waals surface area contributed by atoms with Gasteiger partial charge in [0.25, 0.3) is 0 Å². The minimum absolute atomic E-state index is 0.0513. The van der Waals surface area contributed by atoms with Gasteiger partial charge < -0.3 is 5.11 Å². The largest absolute Gasteiger partial charge is 0.396 e. The van der Waals surface area contributed by atoms with Crippen LogP contribution in [-0.2, 0) is 0 Å². The van der Waals surface area contributed by atoms with Gasteiger partial charge in [0.15, 0.2) is 0 Å². The monoisotopic (exact) mass is 167 g/mol. The molecule has 1 nitrogen and oxygen atoms in total. The molecule has 1 rings (SSSR count). The first kappa shape index (κ1) is 9.20. The Balaban J connectivity index is 3.04. The molecule has 1 aromatic rings. The van der Waals surface area contributed by atoms with Crippen molar-refractivity contribution in [3.63, 3.8) is 0 Å². The quantitative estimate of drug-likeness (QED) is 0.714. The molecule has 0 fully saturated rings. The van der Waals surface area contributed by atoms with E-state index in [0.717, 1.165) is 11.1 Å². The third-order valence-corrected chi connectivity index (χ3v) is 1.90.